The number of aromatic nitrogens is 1. The van der Waals surface area contributed by atoms with E-state index < -0.39 is 5.91 Å². The number of nitriles is 1. The van der Waals surface area contributed by atoms with Crippen molar-refractivity contribution < 1.29 is 9.90 Å². The summed E-state index contributed by atoms with van der Waals surface area (Å²) in [5.41, 5.74) is 2.77. The Morgan fingerprint density at radius 2 is 2.29 bits per heavy atom. The van der Waals surface area contributed by atoms with Crippen LogP contribution in [0.15, 0.2) is 36.5 Å². The van der Waals surface area contributed by atoms with Crippen LogP contribution in [-0.2, 0) is 6.42 Å². The molecule has 5 nitrogen and oxygen atoms in total. The van der Waals surface area contributed by atoms with Crippen molar-refractivity contribution in [3.8, 4) is 11.8 Å². The zero-order valence-corrected chi connectivity index (χ0v) is 11.2. The molecule has 0 fully saturated rings. The number of rotatable bonds is 2. The Morgan fingerprint density at radius 3 is 3.05 bits per heavy atom. The Labute approximate surface area is 121 Å². The Bertz CT molecular complexity index is 749. The molecule has 1 amide bonds. The fraction of sp³-hybridized carbons (Fsp3) is 0.188. The molecule has 3 rings (SSSR count). The summed E-state index contributed by atoms with van der Waals surface area (Å²) in [5.74, 6) is -0.525. The molecule has 0 saturated carbocycles. The Kier molecular flexibility index (Phi) is 3.28. The van der Waals surface area contributed by atoms with Gasteiger partial charge in [0.15, 0.2) is 5.69 Å². The summed E-state index contributed by atoms with van der Waals surface area (Å²) in [7, 11) is 0. The molecule has 1 aliphatic carbocycles. The molecule has 21 heavy (non-hydrogen) atoms. The summed E-state index contributed by atoms with van der Waals surface area (Å²) < 4.78 is 0. The highest BCUT2D eigenvalue weighted by atomic mass is 16.3. The van der Waals surface area contributed by atoms with Gasteiger partial charge >= 0.3 is 0 Å². The van der Waals surface area contributed by atoms with Crippen molar-refractivity contribution in [2.45, 2.75) is 18.9 Å². The average Bonchev–Trinajstić information content (AvgIpc) is 2.89. The highest BCUT2D eigenvalue weighted by molar-refractivity contribution is 5.95. The number of carbonyl (C=O) groups excluding carboxylic acids is 1. The summed E-state index contributed by atoms with van der Waals surface area (Å²) in [6, 6.07) is 10.5. The summed E-state index contributed by atoms with van der Waals surface area (Å²) in [5, 5.41) is 21.4. The van der Waals surface area contributed by atoms with Crippen LogP contribution in [0.4, 0.5) is 0 Å². The van der Waals surface area contributed by atoms with Crippen LogP contribution in [0.5, 0.6) is 5.75 Å². The first kappa shape index (κ1) is 13.1. The molecule has 0 spiro atoms. The van der Waals surface area contributed by atoms with E-state index >= 15 is 0 Å². The monoisotopic (exact) mass is 279 g/mol. The maximum absolute atomic E-state index is 12.2. The maximum Gasteiger partial charge on any atom is 0.274 e. The lowest BCUT2D eigenvalue weighted by molar-refractivity contribution is 0.0928. The first-order chi connectivity index (χ1) is 10.2. The van der Waals surface area contributed by atoms with Gasteiger partial charge in [0.25, 0.3) is 5.91 Å². The molecule has 1 aromatic heterocycles. The van der Waals surface area contributed by atoms with E-state index in [1.54, 1.807) is 12.1 Å². The normalized spacial score (nSPS) is 16.0. The average molecular weight is 279 g/mol. The number of hydrogen-bond acceptors (Lipinski definition) is 4. The molecule has 2 N–H and O–H groups in total. The number of amides is 1. The second kappa shape index (κ2) is 5.25. The SMILES string of the molecule is N#Cc1ccc2c(c1)CC[C@@H]2NC(=O)c1ncccc1O. The standard InChI is InChI=1S/C16H13N3O2/c17-9-10-3-5-12-11(8-10)4-6-13(12)19-16(21)15-14(20)2-1-7-18-15/h1-3,5,7-8,13,20H,4,6H2,(H,19,21)/t13-/m0/s1. The number of benzene rings is 1. The van der Waals surface area contributed by atoms with Crippen LogP contribution in [0.25, 0.3) is 0 Å². The topological polar surface area (TPSA) is 86.0 Å². The molecule has 1 atom stereocenters. The molecular formula is C16H13N3O2. The molecule has 0 aliphatic heterocycles. The van der Waals surface area contributed by atoms with E-state index in [1.165, 1.54) is 12.3 Å². The lowest BCUT2D eigenvalue weighted by Crippen LogP contribution is -2.27. The van der Waals surface area contributed by atoms with Crippen molar-refractivity contribution in [3.05, 3.63) is 58.9 Å². The van der Waals surface area contributed by atoms with Gasteiger partial charge < -0.3 is 10.4 Å². The minimum atomic E-state index is -0.393. The van der Waals surface area contributed by atoms with Gasteiger partial charge in [0, 0.05) is 6.20 Å². The number of nitrogens with one attached hydrogen (secondary N) is 1. The van der Waals surface area contributed by atoms with E-state index in [0.29, 0.717) is 5.56 Å². The van der Waals surface area contributed by atoms with E-state index in [9.17, 15) is 9.90 Å². The first-order valence-corrected chi connectivity index (χ1v) is 6.67. The zero-order chi connectivity index (χ0) is 14.8. The first-order valence-electron chi connectivity index (χ1n) is 6.67. The van der Waals surface area contributed by atoms with Gasteiger partial charge in [0.1, 0.15) is 5.75 Å². The molecule has 1 aliphatic rings. The number of hydrogen-bond donors (Lipinski definition) is 2. The molecular weight excluding hydrogens is 266 g/mol. The fourth-order valence-corrected chi connectivity index (χ4v) is 2.64. The van der Waals surface area contributed by atoms with Crippen LogP contribution in [0.3, 0.4) is 0 Å². The predicted octanol–water partition coefficient (Wildman–Crippen LogP) is 2.08. The largest absolute Gasteiger partial charge is 0.505 e. The number of pyridine rings is 1. The van der Waals surface area contributed by atoms with Crippen LogP contribution in [-0.4, -0.2) is 16.0 Å². The Hall–Kier alpha value is -2.87. The minimum absolute atomic E-state index is 0.0274. The summed E-state index contributed by atoms with van der Waals surface area (Å²) in [6.45, 7) is 0. The van der Waals surface area contributed by atoms with Crippen molar-refractivity contribution >= 4 is 5.91 Å². The van der Waals surface area contributed by atoms with Crippen LogP contribution >= 0.6 is 0 Å². The third kappa shape index (κ3) is 2.43. The molecule has 1 aromatic carbocycles. The molecule has 104 valence electrons. The molecule has 0 unspecified atom stereocenters. The number of carbonyl (C=O) groups is 1. The summed E-state index contributed by atoms with van der Waals surface area (Å²) in [6.07, 6.45) is 3.07. The van der Waals surface area contributed by atoms with Crippen LogP contribution < -0.4 is 5.32 Å². The van der Waals surface area contributed by atoms with E-state index in [4.69, 9.17) is 5.26 Å². The van der Waals surface area contributed by atoms with Gasteiger partial charge in [-0.25, -0.2) is 4.98 Å². The van der Waals surface area contributed by atoms with Gasteiger partial charge in [-0.15, -0.1) is 0 Å². The molecule has 2 aromatic rings. The third-order valence-corrected chi connectivity index (χ3v) is 3.66. The van der Waals surface area contributed by atoms with Crippen molar-refractivity contribution in [3.63, 3.8) is 0 Å². The van der Waals surface area contributed by atoms with E-state index in [2.05, 4.69) is 16.4 Å². The summed E-state index contributed by atoms with van der Waals surface area (Å²) in [4.78, 5) is 16.1. The minimum Gasteiger partial charge on any atom is -0.505 e. The van der Waals surface area contributed by atoms with Gasteiger partial charge in [0.05, 0.1) is 17.7 Å². The Morgan fingerprint density at radius 1 is 1.43 bits per heavy atom. The van der Waals surface area contributed by atoms with Crippen LogP contribution in [0.1, 0.15) is 39.6 Å². The van der Waals surface area contributed by atoms with Crippen molar-refractivity contribution in [1.82, 2.24) is 10.3 Å². The van der Waals surface area contributed by atoms with Crippen molar-refractivity contribution in [1.29, 1.82) is 5.26 Å². The number of aryl methyl sites for hydroxylation is 1. The maximum atomic E-state index is 12.2. The van der Waals surface area contributed by atoms with Gasteiger partial charge in [0.2, 0.25) is 0 Å². The van der Waals surface area contributed by atoms with E-state index in [0.717, 1.165) is 24.0 Å². The second-order valence-corrected chi connectivity index (χ2v) is 4.96. The highest BCUT2D eigenvalue weighted by Crippen LogP contribution is 2.32. The number of fused-ring (bicyclic) bond motifs is 1. The summed E-state index contributed by atoms with van der Waals surface area (Å²) >= 11 is 0. The van der Waals surface area contributed by atoms with Gasteiger partial charge in [-0.1, -0.05) is 6.07 Å². The van der Waals surface area contributed by atoms with Crippen molar-refractivity contribution in [2.75, 3.05) is 0 Å². The molecule has 0 saturated heterocycles. The second-order valence-electron chi connectivity index (χ2n) is 4.96. The Balaban J connectivity index is 1.81. The molecule has 1 heterocycles. The van der Waals surface area contributed by atoms with Gasteiger partial charge in [-0.05, 0) is 48.2 Å². The van der Waals surface area contributed by atoms with Gasteiger partial charge in [-0.2, -0.15) is 5.26 Å². The number of aromatic hydroxyl groups is 1. The smallest absolute Gasteiger partial charge is 0.274 e. The van der Waals surface area contributed by atoms with Crippen LogP contribution in [0.2, 0.25) is 0 Å². The third-order valence-electron chi connectivity index (χ3n) is 3.66. The van der Waals surface area contributed by atoms with Crippen molar-refractivity contribution in [2.24, 2.45) is 0 Å². The predicted molar refractivity (Wildman–Crippen MR) is 75.6 cm³/mol. The van der Waals surface area contributed by atoms with E-state index in [1.807, 2.05) is 12.1 Å². The molecule has 0 radical (unpaired) electrons. The fourth-order valence-electron chi connectivity index (χ4n) is 2.64. The molecule has 0 bridgehead atoms. The van der Waals surface area contributed by atoms with E-state index in [-0.39, 0.29) is 17.5 Å². The lowest BCUT2D eigenvalue weighted by Gasteiger charge is -2.14. The van der Waals surface area contributed by atoms with Gasteiger partial charge in [-0.3, -0.25) is 4.79 Å². The quantitative estimate of drug-likeness (QED) is 0.881. The number of nitrogens with zero attached hydrogens (tertiary/aromatic N) is 2. The zero-order valence-electron chi connectivity index (χ0n) is 11.2. The lowest BCUT2D eigenvalue weighted by atomic mass is 10.1. The van der Waals surface area contributed by atoms with Crippen LogP contribution in [0, 0.1) is 11.3 Å². The molecule has 5 heteroatoms. The highest BCUT2D eigenvalue weighted by Gasteiger charge is 2.25.